The zero-order valence-electron chi connectivity index (χ0n) is 18.8. The summed E-state index contributed by atoms with van der Waals surface area (Å²) < 4.78 is 19.7. The van der Waals surface area contributed by atoms with E-state index < -0.39 is 0 Å². The van der Waals surface area contributed by atoms with Gasteiger partial charge in [-0.15, -0.1) is 0 Å². The molecule has 2 fully saturated rings. The van der Waals surface area contributed by atoms with Crippen LogP contribution in [0.15, 0.2) is 40.8 Å². The summed E-state index contributed by atoms with van der Waals surface area (Å²) in [5.41, 5.74) is 0.946. The van der Waals surface area contributed by atoms with Gasteiger partial charge in [-0.2, -0.15) is 0 Å². The van der Waals surface area contributed by atoms with E-state index in [0.29, 0.717) is 51.1 Å². The Morgan fingerprint density at radius 2 is 1.72 bits per heavy atom. The van der Waals surface area contributed by atoms with Gasteiger partial charge in [-0.3, -0.25) is 14.5 Å². The lowest BCUT2D eigenvalue weighted by Crippen LogP contribution is -2.50. The minimum absolute atomic E-state index is 0.0403. The zero-order chi connectivity index (χ0) is 22.5. The molecule has 0 radical (unpaired) electrons. The third kappa shape index (κ3) is 5.57. The van der Waals surface area contributed by atoms with E-state index in [2.05, 4.69) is 4.90 Å². The number of carbonyl (C=O) groups is 2. The predicted octanol–water partition coefficient (Wildman–Crippen LogP) is 4.06. The van der Waals surface area contributed by atoms with Gasteiger partial charge in [0.05, 0.1) is 6.54 Å². The Kier molecular flexibility index (Phi) is 7.25. The molecule has 2 heterocycles. The van der Waals surface area contributed by atoms with Crippen molar-refractivity contribution in [3.8, 4) is 0 Å². The van der Waals surface area contributed by atoms with Crippen LogP contribution in [0.1, 0.15) is 60.9 Å². The number of furan rings is 1. The van der Waals surface area contributed by atoms with Gasteiger partial charge in [-0.1, -0.05) is 31.4 Å². The highest BCUT2D eigenvalue weighted by atomic mass is 19.1. The Balaban J connectivity index is 1.42. The quantitative estimate of drug-likeness (QED) is 0.679. The maximum Gasteiger partial charge on any atom is 0.289 e. The molecule has 4 rings (SSSR count). The first-order valence-corrected chi connectivity index (χ1v) is 11.6. The third-order valence-corrected chi connectivity index (χ3v) is 6.61. The molecule has 2 aromatic rings. The van der Waals surface area contributed by atoms with Gasteiger partial charge in [0, 0.05) is 45.7 Å². The Bertz CT molecular complexity index is 930. The molecular weight excluding hydrogens is 409 g/mol. The average molecular weight is 442 g/mol. The molecule has 1 aromatic carbocycles. The molecule has 0 spiro atoms. The molecule has 7 heteroatoms. The van der Waals surface area contributed by atoms with Crippen LogP contribution in [0.5, 0.6) is 0 Å². The molecule has 0 N–H and O–H groups in total. The summed E-state index contributed by atoms with van der Waals surface area (Å²) in [6.45, 7) is 4.93. The van der Waals surface area contributed by atoms with Gasteiger partial charge in [0.25, 0.3) is 5.91 Å². The van der Waals surface area contributed by atoms with Crippen molar-refractivity contribution in [3.63, 3.8) is 0 Å². The largest absolute Gasteiger partial charge is 0.455 e. The van der Waals surface area contributed by atoms with Crippen LogP contribution >= 0.6 is 0 Å². The van der Waals surface area contributed by atoms with Gasteiger partial charge in [-0.05, 0) is 42.7 Å². The summed E-state index contributed by atoms with van der Waals surface area (Å²) in [6, 6.07) is 10.8. The van der Waals surface area contributed by atoms with E-state index in [4.69, 9.17) is 4.42 Å². The standard InChI is InChI=1S/C25H32FN3O3/c1-19(30)27-12-14-28(15-13-27)25(31)24-11-10-23(32-24)18-29(22-8-3-2-4-9-22)17-20-6-5-7-21(26)16-20/h5-7,10-11,16,22H,2-4,8-9,12-15,17-18H2,1H3. The second-order valence-corrected chi connectivity index (χ2v) is 8.89. The molecule has 1 aromatic heterocycles. The molecule has 1 aliphatic carbocycles. The monoisotopic (exact) mass is 441 g/mol. The zero-order valence-corrected chi connectivity index (χ0v) is 18.8. The van der Waals surface area contributed by atoms with Crippen LogP contribution in [-0.4, -0.2) is 58.7 Å². The normalized spacial score (nSPS) is 17.7. The summed E-state index contributed by atoms with van der Waals surface area (Å²) >= 11 is 0. The summed E-state index contributed by atoms with van der Waals surface area (Å²) in [6.07, 6.45) is 5.93. The molecule has 0 bridgehead atoms. The lowest BCUT2D eigenvalue weighted by atomic mass is 9.93. The highest BCUT2D eigenvalue weighted by molar-refractivity contribution is 5.91. The lowest BCUT2D eigenvalue weighted by Gasteiger charge is -2.34. The van der Waals surface area contributed by atoms with Crippen molar-refractivity contribution in [2.75, 3.05) is 26.2 Å². The Morgan fingerprint density at radius 1 is 1.00 bits per heavy atom. The van der Waals surface area contributed by atoms with Gasteiger partial charge in [0.15, 0.2) is 5.76 Å². The molecule has 1 saturated heterocycles. The van der Waals surface area contributed by atoms with Gasteiger partial charge in [-0.25, -0.2) is 4.39 Å². The van der Waals surface area contributed by atoms with Crippen molar-refractivity contribution in [1.29, 1.82) is 0 Å². The minimum atomic E-state index is -0.221. The number of halogens is 1. The fraction of sp³-hybridized carbons (Fsp3) is 0.520. The van der Waals surface area contributed by atoms with Crippen molar-refractivity contribution in [1.82, 2.24) is 14.7 Å². The average Bonchev–Trinajstić information content (AvgIpc) is 3.27. The van der Waals surface area contributed by atoms with Gasteiger partial charge < -0.3 is 14.2 Å². The fourth-order valence-corrected chi connectivity index (χ4v) is 4.79. The smallest absolute Gasteiger partial charge is 0.289 e. The molecule has 1 aliphatic heterocycles. The number of benzene rings is 1. The van der Waals surface area contributed by atoms with Crippen LogP contribution in [0.25, 0.3) is 0 Å². The van der Waals surface area contributed by atoms with Crippen LogP contribution in [0.2, 0.25) is 0 Å². The molecule has 6 nitrogen and oxygen atoms in total. The fourth-order valence-electron chi connectivity index (χ4n) is 4.79. The van der Waals surface area contributed by atoms with Crippen molar-refractivity contribution >= 4 is 11.8 Å². The lowest BCUT2D eigenvalue weighted by molar-refractivity contribution is -0.130. The van der Waals surface area contributed by atoms with E-state index in [1.54, 1.807) is 34.9 Å². The first-order chi connectivity index (χ1) is 15.5. The van der Waals surface area contributed by atoms with Crippen LogP contribution in [-0.2, 0) is 17.9 Å². The second kappa shape index (κ2) is 10.3. The van der Waals surface area contributed by atoms with Gasteiger partial charge in [0.1, 0.15) is 11.6 Å². The highest BCUT2D eigenvalue weighted by Gasteiger charge is 2.27. The molecule has 0 unspecified atom stereocenters. The summed E-state index contributed by atoms with van der Waals surface area (Å²) in [7, 11) is 0. The number of hydrogen-bond acceptors (Lipinski definition) is 4. The summed E-state index contributed by atoms with van der Waals surface area (Å²) in [4.78, 5) is 30.2. The predicted molar refractivity (Wildman–Crippen MR) is 119 cm³/mol. The molecule has 2 aliphatic rings. The Morgan fingerprint density at radius 3 is 2.41 bits per heavy atom. The maximum atomic E-state index is 13.7. The molecule has 0 atom stereocenters. The van der Waals surface area contributed by atoms with E-state index in [9.17, 15) is 14.0 Å². The SMILES string of the molecule is CC(=O)N1CCN(C(=O)c2ccc(CN(Cc3cccc(F)c3)C3CCCCC3)o2)CC1. The number of rotatable bonds is 6. The highest BCUT2D eigenvalue weighted by Crippen LogP contribution is 2.26. The van der Waals surface area contributed by atoms with Crippen LogP contribution in [0.4, 0.5) is 4.39 Å². The van der Waals surface area contributed by atoms with Crippen molar-refractivity contribution in [2.45, 2.75) is 58.2 Å². The molecule has 172 valence electrons. The van der Waals surface area contributed by atoms with Crippen LogP contribution in [0, 0.1) is 5.82 Å². The Labute approximate surface area is 189 Å². The van der Waals surface area contributed by atoms with Crippen molar-refractivity contribution < 1.29 is 18.4 Å². The Hall–Kier alpha value is -2.67. The number of piperazine rings is 1. The number of nitrogens with zero attached hydrogens (tertiary/aromatic N) is 3. The van der Waals surface area contributed by atoms with E-state index in [1.807, 2.05) is 12.1 Å². The first kappa shape index (κ1) is 22.5. The van der Waals surface area contributed by atoms with E-state index in [1.165, 1.54) is 25.3 Å². The van der Waals surface area contributed by atoms with Crippen molar-refractivity contribution in [2.24, 2.45) is 0 Å². The van der Waals surface area contributed by atoms with Gasteiger partial charge in [0.2, 0.25) is 5.91 Å². The number of carbonyl (C=O) groups excluding carboxylic acids is 2. The first-order valence-electron chi connectivity index (χ1n) is 11.6. The maximum absolute atomic E-state index is 13.7. The van der Waals surface area contributed by atoms with Crippen molar-refractivity contribution in [3.05, 3.63) is 59.3 Å². The van der Waals surface area contributed by atoms with Gasteiger partial charge >= 0.3 is 0 Å². The summed E-state index contributed by atoms with van der Waals surface area (Å²) in [5, 5.41) is 0. The molecule has 2 amide bonds. The number of amides is 2. The summed E-state index contributed by atoms with van der Waals surface area (Å²) in [5.74, 6) is 0.775. The number of hydrogen-bond donors (Lipinski definition) is 0. The molecular formula is C25H32FN3O3. The minimum Gasteiger partial charge on any atom is -0.455 e. The van der Waals surface area contributed by atoms with E-state index >= 15 is 0 Å². The molecule has 1 saturated carbocycles. The van der Waals surface area contributed by atoms with E-state index in [0.717, 1.165) is 24.2 Å². The van der Waals surface area contributed by atoms with Crippen LogP contribution < -0.4 is 0 Å². The topological polar surface area (TPSA) is 57.0 Å². The third-order valence-electron chi connectivity index (χ3n) is 6.61. The second-order valence-electron chi connectivity index (χ2n) is 8.89. The molecule has 32 heavy (non-hydrogen) atoms. The van der Waals surface area contributed by atoms with E-state index in [-0.39, 0.29) is 17.6 Å². The van der Waals surface area contributed by atoms with Crippen LogP contribution in [0.3, 0.4) is 0 Å².